The maximum atomic E-state index is 9.02. The van der Waals surface area contributed by atoms with E-state index in [4.69, 9.17) is 15.2 Å². The molecule has 5 aromatic carbocycles. The summed E-state index contributed by atoms with van der Waals surface area (Å²) in [6, 6.07) is 43.8. The first-order valence-corrected chi connectivity index (χ1v) is 13.5. The molecular formula is C35H21N3S. The highest BCUT2D eigenvalue weighted by molar-refractivity contribution is 7.21. The van der Waals surface area contributed by atoms with Crippen molar-refractivity contribution in [1.29, 1.82) is 5.26 Å². The van der Waals surface area contributed by atoms with Gasteiger partial charge in [-0.2, -0.15) is 5.26 Å². The van der Waals surface area contributed by atoms with Crippen LogP contribution in [0.15, 0.2) is 128 Å². The molecule has 0 aliphatic carbocycles. The first-order chi connectivity index (χ1) is 19.2. The average Bonchev–Trinajstić information content (AvgIpc) is 3.45. The predicted molar refractivity (Wildman–Crippen MR) is 161 cm³/mol. The van der Waals surface area contributed by atoms with Crippen LogP contribution >= 0.6 is 11.3 Å². The largest absolute Gasteiger partial charge is 0.256 e. The quantitative estimate of drug-likeness (QED) is 0.235. The van der Waals surface area contributed by atoms with Crippen molar-refractivity contribution in [3.8, 4) is 50.0 Å². The van der Waals surface area contributed by atoms with Crippen LogP contribution in [-0.4, -0.2) is 9.97 Å². The molecule has 0 radical (unpaired) electrons. The van der Waals surface area contributed by atoms with Crippen LogP contribution in [0.3, 0.4) is 0 Å². The fourth-order valence-electron chi connectivity index (χ4n) is 4.85. The summed E-state index contributed by atoms with van der Waals surface area (Å²) in [7, 11) is 0. The number of aromatic nitrogens is 2. The van der Waals surface area contributed by atoms with Gasteiger partial charge in [0.05, 0.1) is 27.4 Å². The Balaban J connectivity index is 1.13. The maximum Gasteiger partial charge on any atom is 0.124 e. The molecule has 0 aliphatic heterocycles. The number of hydrogen-bond acceptors (Lipinski definition) is 4. The first kappa shape index (κ1) is 23.0. The number of nitrogens with zero attached hydrogens (tertiary/aromatic N) is 3. The van der Waals surface area contributed by atoms with E-state index >= 15 is 0 Å². The van der Waals surface area contributed by atoms with Gasteiger partial charge < -0.3 is 0 Å². The zero-order valence-corrected chi connectivity index (χ0v) is 21.7. The Kier molecular flexibility index (Phi) is 5.70. The van der Waals surface area contributed by atoms with Crippen LogP contribution in [-0.2, 0) is 0 Å². The fraction of sp³-hybridized carbons (Fsp3) is 0. The van der Waals surface area contributed by atoms with E-state index in [2.05, 4.69) is 97.1 Å². The number of para-hydroxylation sites is 1. The molecule has 2 aromatic heterocycles. The van der Waals surface area contributed by atoms with Crippen molar-refractivity contribution in [3.63, 3.8) is 0 Å². The van der Waals surface area contributed by atoms with Crippen molar-refractivity contribution in [2.75, 3.05) is 0 Å². The molecule has 7 rings (SSSR count). The zero-order valence-electron chi connectivity index (χ0n) is 20.9. The third-order valence-electron chi connectivity index (χ3n) is 7.01. The van der Waals surface area contributed by atoms with Gasteiger partial charge >= 0.3 is 0 Å². The van der Waals surface area contributed by atoms with E-state index in [1.807, 2.05) is 36.5 Å². The molecule has 0 fully saturated rings. The highest BCUT2D eigenvalue weighted by atomic mass is 32.1. The lowest BCUT2D eigenvalue weighted by atomic mass is 9.98. The standard InChI is InChI=1S/C35H21N3S/c36-21-23-5-7-24(8-6-23)25-9-11-26(12-10-25)29-17-18-30-19-31(22-37-33(30)20-29)27-13-15-28(16-14-27)35-38-32-3-1-2-4-34(32)39-35/h1-20,22H. The van der Waals surface area contributed by atoms with Crippen LogP contribution in [0.1, 0.15) is 5.56 Å². The summed E-state index contributed by atoms with van der Waals surface area (Å²) >= 11 is 1.72. The number of benzene rings is 5. The highest BCUT2D eigenvalue weighted by Gasteiger charge is 2.08. The van der Waals surface area contributed by atoms with Crippen molar-refractivity contribution in [1.82, 2.24) is 9.97 Å². The molecule has 2 heterocycles. The third kappa shape index (κ3) is 4.46. The average molecular weight is 516 g/mol. The minimum Gasteiger partial charge on any atom is -0.256 e. The Morgan fingerprint density at radius 3 is 1.82 bits per heavy atom. The molecule has 39 heavy (non-hydrogen) atoms. The molecule has 182 valence electrons. The molecule has 0 N–H and O–H groups in total. The number of fused-ring (bicyclic) bond motifs is 2. The van der Waals surface area contributed by atoms with Gasteiger partial charge in [0.1, 0.15) is 5.01 Å². The Morgan fingerprint density at radius 1 is 0.538 bits per heavy atom. The van der Waals surface area contributed by atoms with E-state index in [0.717, 1.165) is 60.4 Å². The molecule has 0 unspecified atom stereocenters. The Labute approximate surface area is 230 Å². The number of thiazole rings is 1. The van der Waals surface area contributed by atoms with E-state index < -0.39 is 0 Å². The molecule has 7 aromatic rings. The van der Waals surface area contributed by atoms with E-state index in [1.165, 1.54) is 4.70 Å². The fourth-order valence-corrected chi connectivity index (χ4v) is 5.82. The van der Waals surface area contributed by atoms with Gasteiger partial charge in [0.15, 0.2) is 0 Å². The molecule has 3 nitrogen and oxygen atoms in total. The second-order valence-electron chi connectivity index (χ2n) is 9.46. The van der Waals surface area contributed by atoms with Crippen LogP contribution in [0.2, 0.25) is 0 Å². The second-order valence-corrected chi connectivity index (χ2v) is 10.5. The number of hydrogen-bond donors (Lipinski definition) is 0. The van der Waals surface area contributed by atoms with Crippen LogP contribution < -0.4 is 0 Å². The second kappa shape index (κ2) is 9.64. The minimum atomic E-state index is 0.670. The topological polar surface area (TPSA) is 49.6 Å². The number of nitriles is 1. The van der Waals surface area contributed by atoms with Gasteiger partial charge in [-0.3, -0.25) is 4.98 Å². The summed E-state index contributed by atoms with van der Waals surface area (Å²) in [5, 5.41) is 11.2. The van der Waals surface area contributed by atoms with Gasteiger partial charge in [0.25, 0.3) is 0 Å². The first-order valence-electron chi connectivity index (χ1n) is 12.7. The van der Waals surface area contributed by atoms with Crippen LogP contribution in [0.5, 0.6) is 0 Å². The molecule has 4 heteroatoms. The molecule has 0 bridgehead atoms. The Hall–Kier alpha value is -5.11. The molecule has 0 amide bonds. The highest BCUT2D eigenvalue weighted by Crippen LogP contribution is 2.33. The molecular weight excluding hydrogens is 494 g/mol. The van der Waals surface area contributed by atoms with Crippen LogP contribution in [0, 0.1) is 11.3 Å². The molecule has 0 atom stereocenters. The zero-order chi connectivity index (χ0) is 26.2. The predicted octanol–water partition coefficient (Wildman–Crippen LogP) is 9.38. The van der Waals surface area contributed by atoms with E-state index in [0.29, 0.717) is 5.56 Å². The Bertz CT molecular complexity index is 1960. The summed E-state index contributed by atoms with van der Waals surface area (Å²) in [6.07, 6.45) is 1.95. The molecule has 0 saturated carbocycles. The van der Waals surface area contributed by atoms with E-state index in [-0.39, 0.29) is 0 Å². The van der Waals surface area contributed by atoms with Gasteiger partial charge in [-0.25, -0.2) is 4.98 Å². The van der Waals surface area contributed by atoms with Gasteiger partial charge in [0.2, 0.25) is 0 Å². The van der Waals surface area contributed by atoms with Crippen molar-refractivity contribution in [2.45, 2.75) is 0 Å². The molecule has 0 aliphatic rings. The summed E-state index contributed by atoms with van der Waals surface area (Å²) in [4.78, 5) is 9.58. The maximum absolute atomic E-state index is 9.02. The number of pyridine rings is 1. The van der Waals surface area contributed by atoms with Gasteiger partial charge in [-0.1, -0.05) is 84.9 Å². The smallest absolute Gasteiger partial charge is 0.124 e. The summed E-state index contributed by atoms with van der Waals surface area (Å²) in [6.45, 7) is 0. The van der Waals surface area contributed by atoms with Crippen LogP contribution in [0.25, 0.3) is 65.1 Å². The molecule has 0 spiro atoms. The third-order valence-corrected chi connectivity index (χ3v) is 8.09. The van der Waals surface area contributed by atoms with E-state index in [9.17, 15) is 0 Å². The normalized spacial score (nSPS) is 11.1. The summed E-state index contributed by atoms with van der Waals surface area (Å²) in [5.74, 6) is 0. The monoisotopic (exact) mass is 515 g/mol. The van der Waals surface area contributed by atoms with Crippen molar-refractivity contribution < 1.29 is 0 Å². The summed E-state index contributed by atoms with van der Waals surface area (Å²) < 4.78 is 1.21. The lowest BCUT2D eigenvalue weighted by Crippen LogP contribution is -1.86. The SMILES string of the molecule is N#Cc1ccc(-c2ccc(-c3ccc4cc(-c5ccc(-c6nc7ccccc7s6)cc5)cnc4c3)cc2)cc1. The van der Waals surface area contributed by atoms with Gasteiger partial charge in [0, 0.05) is 22.7 Å². The minimum absolute atomic E-state index is 0.670. The Morgan fingerprint density at radius 2 is 1.13 bits per heavy atom. The van der Waals surface area contributed by atoms with Crippen molar-refractivity contribution in [2.24, 2.45) is 0 Å². The van der Waals surface area contributed by atoms with Gasteiger partial charge in [-0.05, 0) is 64.2 Å². The molecule has 0 saturated heterocycles. The van der Waals surface area contributed by atoms with Crippen molar-refractivity contribution in [3.05, 3.63) is 133 Å². The number of rotatable bonds is 4. The van der Waals surface area contributed by atoms with Crippen LogP contribution in [0.4, 0.5) is 0 Å². The van der Waals surface area contributed by atoms with Gasteiger partial charge in [-0.15, -0.1) is 11.3 Å². The lowest BCUT2D eigenvalue weighted by molar-refractivity contribution is 1.40. The van der Waals surface area contributed by atoms with E-state index in [1.54, 1.807) is 11.3 Å². The van der Waals surface area contributed by atoms with Crippen molar-refractivity contribution >= 4 is 32.5 Å². The lowest BCUT2D eigenvalue weighted by Gasteiger charge is -2.08. The summed E-state index contributed by atoms with van der Waals surface area (Å²) in [5.41, 5.74) is 10.5.